The zero-order valence-corrected chi connectivity index (χ0v) is 21.2. The second-order valence-corrected chi connectivity index (χ2v) is 8.66. The number of hydrogen-bond acceptors (Lipinski definition) is 5. The van der Waals surface area contributed by atoms with Gasteiger partial charge in [0.2, 0.25) is 11.8 Å². The number of halogens is 3. The number of amides is 3. The summed E-state index contributed by atoms with van der Waals surface area (Å²) in [6.45, 7) is 7.19. The van der Waals surface area contributed by atoms with Gasteiger partial charge in [0, 0.05) is 63.9 Å². The number of aliphatic carboxylic acids is 1. The van der Waals surface area contributed by atoms with Crippen molar-refractivity contribution in [3.63, 3.8) is 0 Å². The Hall–Kier alpha value is -3.93. The van der Waals surface area contributed by atoms with E-state index in [2.05, 4.69) is 10.6 Å². The average Bonchev–Trinajstić information content (AvgIpc) is 2.86. The van der Waals surface area contributed by atoms with Gasteiger partial charge in [0.05, 0.1) is 0 Å². The van der Waals surface area contributed by atoms with Crippen molar-refractivity contribution in [1.29, 1.82) is 0 Å². The molecule has 1 aliphatic rings. The minimum absolute atomic E-state index is 0.0653. The number of carbonyl (C=O) groups excluding carboxylic acids is 3. The predicted octanol–water partition coefficient (Wildman–Crippen LogP) is 3.05. The molecule has 1 aliphatic heterocycles. The summed E-state index contributed by atoms with van der Waals surface area (Å²) in [5.74, 6) is -3.05. The fourth-order valence-electron chi connectivity index (χ4n) is 3.70. The number of rotatable bonds is 7. The number of benzene rings is 2. The molecule has 0 aromatic heterocycles. The molecular weight excluding hydrogens is 505 g/mol. The average molecular weight is 537 g/mol. The first kappa shape index (κ1) is 30.3. The third kappa shape index (κ3) is 10.2. The van der Waals surface area contributed by atoms with Crippen LogP contribution in [0.2, 0.25) is 0 Å². The van der Waals surface area contributed by atoms with Gasteiger partial charge in [-0.1, -0.05) is 35.9 Å². The maximum atomic E-state index is 13.3. The van der Waals surface area contributed by atoms with Crippen molar-refractivity contribution in [2.45, 2.75) is 33.0 Å². The quantitative estimate of drug-likeness (QED) is 0.501. The minimum Gasteiger partial charge on any atom is -0.475 e. The smallest absolute Gasteiger partial charge is 0.475 e. The van der Waals surface area contributed by atoms with E-state index in [0.29, 0.717) is 37.4 Å². The largest absolute Gasteiger partial charge is 0.490 e. The SMILES string of the molecule is CC(=O)Nc1cccc(C(=O)N(CCC(=O)N2CCNCC2)Cc2cccc(C)c2)c1.O=C(O)C(F)(F)F. The van der Waals surface area contributed by atoms with Gasteiger partial charge in [-0.3, -0.25) is 14.4 Å². The Bertz CT molecular complexity index is 1130. The zero-order valence-electron chi connectivity index (χ0n) is 21.2. The lowest BCUT2D eigenvalue weighted by Gasteiger charge is -2.29. The van der Waals surface area contributed by atoms with Crippen molar-refractivity contribution in [3.8, 4) is 0 Å². The molecule has 3 N–H and O–H groups in total. The van der Waals surface area contributed by atoms with Crippen LogP contribution in [0.5, 0.6) is 0 Å². The molecule has 1 heterocycles. The van der Waals surface area contributed by atoms with Crippen LogP contribution in [0.15, 0.2) is 48.5 Å². The molecule has 38 heavy (non-hydrogen) atoms. The summed E-state index contributed by atoms with van der Waals surface area (Å²) in [4.78, 5) is 49.8. The van der Waals surface area contributed by atoms with E-state index in [1.54, 1.807) is 29.2 Å². The summed E-state index contributed by atoms with van der Waals surface area (Å²) in [5, 5.41) is 13.1. The lowest BCUT2D eigenvalue weighted by atomic mass is 10.1. The molecule has 2 aromatic rings. The second-order valence-electron chi connectivity index (χ2n) is 8.66. The summed E-state index contributed by atoms with van der Waals surface area (Å²) >= 11 is 0. The highest BCUT2D eigenvalue weighted by Crippen LogP contribution is 2.17. The van der Waals surface area contributed by atoms with Crippen LogP contribution in [0.25, 0.3) is 0 Å². The van der Waals surface area contributed by atoms with Gasteiger partial charge < -0.3 is 25.5 Å². The van der Waals surface area contributed by atoms with Gasteiger partial charge in [0.15, 0.2) is 0 Å². The highest BCUT2D eigenvalue weighted by molar-refractivity contribution is 5.97. The van der Waals surface area contributed by atoms with E-state index in [9.17, 15) is 27.6 Å². The van der Waals surface area contributed by atoms with E-state index in [4.69, 9.17) is 9.90 Å². The third-order valence-electron chi connectivity index (χ3n) is 5.48. The van der Waals surface area contributed by atoms with E-state index in [-0.39, 0.29) is 24.1 Å². The molecule has 1 saturated heterocycles. The molecule has 206 valence electrons. The molecule has 0 spiro atoms. The molecule has 9 nitrogen and oxygen atoms in total. The molecule has 1 fully saturated rings. The first-order valence-electron chi connectivity index (χ1n) is 11.9. The lowest BCUT2D eigenvalue weighted by Crippen LogP contribution is -2.47. The first-order chi connectivity index (χ1) is 17.9. The van der Waals surface area contributed by atoms with Crippen molar-refractivity contribution < 1.29 is 37.5 Å². The number of aryl methyl sites for hydroxylation is 1. The Morgan fingerprint density at radius 3 is 2.26 bits per heavy atom. The van der Waals surface area contributed by atoms with Crippen LogP contribution in [0, 0.1) is 6.92 Å². The molecule has 0 aliphatic carbocycles. The summed E-state index contributed by atoms with van der Waals surface area (Å²) in [6, 6.07) is 14.9. The van der Waals surface area contributed by atoms with Crippen molar-refractivity contribution in [2.24, 2.45) is 0 Å². The zero-order chi connectivity index (χ0) is 28.3. The lowest BCUT2D eigenvalue weighted by molar-refractivity contribution is -0.192. The van der Waals surface area contributed by atoms with E-state index in [0.717, 1.165) is 24.2 Å². The van der Waals surface area contributed by atoms with Crippen LogP contribution in [-0.4, -0.2) is 77.5 Å². The Kier molecular flexibility index (Phi) is 11.3. The van der Waals surface area contributed by atoms with Gasteiger partial charge in [-0.15, -0.1) is 0 Å². The normalized spacial score (nSPS) is 13.1. The standard InChI is InChI=1S/C24H30N4O3.C2HF3O2/c1-18-5-3-6-20(15-18)17-28(12-9-23(30)27-13-10-25-11-14-27)24(31)21-7-4-8-22(16-21)26-19(2)29;3-2(4,5)1(6)7/h3-8,15-16,25H,9-14,17H2,1-2H3,(H,26,29);(H,6,7). The molecule has 0 atom stereocenters. The van der Waals surface area contributed by atoms with Crippen molar-refractivity contribution in [1.82, 2.24) is 15.1 Å². The highest BCUT2D eigenvalue weighted by atomic mass is 19.4. The number of hydrogen-bond donors (Lipinski definition) is 3. The van der Waals surface area contributed by atoms with Crippen LogP contribution < -0.4 is 10.6 Å². The minimum atomic E-state index is -5.08. The van der Waals surface area contributed by atoms with E-state index in [1.165, 1.54) is 6.92 Å². The molecule has 0 unspecified atom stereocenters. The predicted molar refractivity (Wildman–Crippen MR) is 134 cm³/mol. The molecule has 0 radical (unpaired) electrons. The van der Waals surface area contributed by atoms with E-state index < -0.39 is 12.1 Å². The Morgan fingerprint density at radius 1 is 1.05 bits per heavy atom. The number of carbonyl (C=O) groups is 4. The topological polar surface area (TPSA) is 119 Å². The van der Waals surface area contributed by atoms with Gasteiger partial charge in [-0.25, -0.2) is 4.79 Å². The van der Waals surface area contributed by atoms with Gasteiger partial charge >= 0.3 is 12.1 Å². The Morgan fingerprint density at radius 2 is 1.68 bits per heavy atom. The third-order valence-corrected chi connectivity index (χ3v) is 5.48. The molecule has 0 saturated carbocycles. The molecule has 3 rings (SSSR count). The Labute approximate surface area is 218 Å². The maximum absolute atomic E-state index is 13.3. The summed E-state index contributed by atoms with van der Waals surface area (Å²) in [5.41, 5.74) is 3.19. The maximum Gasteiger partial charge on any atom is 0.490 e. The van der Waals surface area contributed by atoms with Crippen molar-refractivity contribution in [3.05, 3.63) is 65.2 Å². The number of nitrogens with zero attached hydrogens (tertiary/aromatic N) is 2. The molecule has 2 aromatic carbocycles. The van der Waals surface area contributed by atoms with Crippen LogP contribution in [0.3, 0.4) is 0 Å². The number of anilines is 1. The molecule has 12 heteroatoms. The number of alkyl halides is 3. The fraction of sp³-hybridized carbons (Fsp3) is 0.385. The van der Waals surface area contributed by atoms with E-state index >= 15 is 0 Å². The Balaban J connectivity index is 0.000000638. The number of nitrogens with one attached hydrogen (secondary N) is 2. The van der Waals surface area contributed by atoms with Crippen LogP contribution in [-0.2, 0) is 20.9 Å². The summed E-state index contributed by atoms with van der Waals surface area (Å²) in [7, 11) is 0. The van der Waals surface area contributed by atoms with Crippen molar-refractivity contribution in [2.75, 3.05) is 38.0 Å². The molecular formula is C26H31F3N4O5. The number of carboxylic acids is 1. The monoisotopic (exact) mass is 536 g/mol. The summed E-state index contributed by atoms with van der Waals surface area (Å²) < 4.78 is 31.7. The highest BCUT2D eigenvalue weighted by Gasteiger charge is 2.38. The molecule has 0 bridgehead atoms. The van der Waals surface area contributed by atoms with Crippen molar-refractivity contribution >= 4 is 29.4 Å². The number of piperazine rings is 1. The van der Waals surface area contributed by atoms with Crippen LogP contribution in [0.4, 0.5) is 18.9 Å². The van der Waals surface area contributed by atoms with Crippen LogP contribution >= 0.6 is 0 Å². The fourth-order valence-corrected chi connectivity index (χ4v) is 3.70. The van der Waals surface area contributed by atoms with E-state index in [1.807, 2.05) is 36.1 Å². The number of carboxylic acid groups (broad SMARTS) is 1. The van der Waals surface area contributed by atoms with Gasteiger partial charge in [0.25, 0.3) is 5.91 Å². The summed E-state index contributed by atoms with van der Waals surface area (Å²) in [6.07, 6.45) is -4.80. The van der Waals surface area contributed by atoms with Gasteiger partial charge in [0.1, 0.15) is 0 Å². The second kappa shape index (κ2) is 14.1. The van der Waals surface area contributed by atoms with Gasteiger partial charge in [-0.2, -0.15) is 13.2 Å². The van der Waals surface area contributed by atoms with Gasteiger partial charge in [-0.05, 0) is 30.7 Å². The first-order valence-corrected chi connectivity index (χ1v) is 11.9. The van der Waals surface area contributed by atoms with Crippen LogP contribution in [0.1, 0.15) is 34.8 Å². The molecule has 3 amide bonds.